The van der Waals surface area contributed by atoms with Crippen molar-refractivity contribution in [3.8, 4) is 12.3 Å². The number of rotatable bonds is 3. The summed E-state index contributed by atoms with van der Waals surface area (Å²) in [5.41, 5.74) is 0. The number of hydrogen-bond acceptors (Lipinski definition) is 2. The second-order valence-corrected chi connectivity index (χ2v) is 4.05. The van der Waals surface area contributed by atoms with E-state index in [2.05, 4.69) is 11.2 Å². The minimum absolute atomic E-state index is 0.0474. The summed E-state index contributed by atoms with van der Waals surface area (Å²) in [6.07, 6.45) is 6.93. The SMILES string of the molecule is C#CCN(C)C(=O)NC1CCC(C(=O)O)C1. The first-order valence-electron chi connectivity index (χ1n) is 5.22. The Morgan fingerprint density at radius 2 is 2.25 bits per heavy atom. The maximum atomic E-state index is 11.5. The van der Waals surface area contributed by atoms with Crippen molar-refractivity contribution in [3.63, 3.8) is 0 Å². The minimum Gasteiger partial charge on any atom is -0.481 e. The summed E-state index contributed by atoms with van der Waals surface area (Å²) >= 11 is 0. The van der Waals surface area contributed by atoms with Gasteiger partial charge in [-0.2, -0.15) is 0 Å². The molecule has 1 rings (SSSR count). The molecule has 0 aromatic carbocycles. The Bertz CT molecular complexity index is 322. The molecule has 0 saturated heterocycles. The van der Waals surface area contributed by atoms with Gasteiger partial charge in [0.1, 0.15) is 0 Å². The van der Waals surface area contributed by atoms with Crippen molar-refractivity contribution in [2.24, 2.45) is 5.92 Å². The van der Waals surface area contributed by atoms with E-state index in [9.17, 15) is 9.59 Å². The number of nitrogens with one attached hydrogen (secondary N) is 1. The number of terminal acetylenes is 1. The Labute approximate surface area is 94.8 Å². The van der Waals surface area contributed by atoms with Crippen LogP contribution in [0.15, 0.2) is 0 Å². The fraction of sp³-hybridized carbons (Fsp3) is 0.636. The van der Waals surface area contributed by atoms with Crippen molar-refractivity contribution in [3.05, 3.63) is 0 Å². The van der Waals surface area contributed by atoms with Crippen molar-refractivity contribution in [1.82, 2.24) is 10.2 Å². The number of carboxylic acid groups (broad SMARTS) is 1. The number of hydrogen-bond donors (Lipinski definition) is 2. The van der Waals surface area contributed by atoms with Gasteiger partial charge in [0.25, 0.3) is 0 Å². The summed E-state index contributed by atoms with van der Waals surface area (Å²) in [5, 5.41) is 11.6. The fourth-order valence-corrected chi connectivity index (χ4v) is 1.83. The largest absolute Gasteiger partial charge is 0.481 e. The van der Waals surface area contributed by atoms with Gasteiger partial charge in [-0.1, -0.05) is 5.92 Å². The van der Waals surface area contributed by atoms with E-state index in [0.29, 0.717) is 19.3 Å². The van der Waals surface area contributed by atoms with Crippen LogP contribution in [-0.4, -0.2) is 41.6 Å². The molecule has 5 nitrogen and oxygen atoms in total. The van der Waals surface area contributed by atoms with E-state index in [1.54, 1.807) is 7.05 Å². The molecule has 0 radical (unpaired) electrons. The molecule has 1 saturated carbocycles. The summed E-state index contributed by atoms with van der Waals surface area (Å²) in [6.45, 7) is 0.251. The van der Waals surface area contributed by atoms with Crippen LogP contribution in [0.1, 0.15) is 19.3 Å². The van der Waals surface area contributed by atoms with Crippen LogP contribution >= 0.6 is 0 Å². The highest BCUT2D eigenvalue weighted by atomic mass is 16.4. The van der Waals surface area contributed by atoms with Crippen LogP contribution < -0.4 is 5.32 Å². The molecule has 0 aliphatic heterocycles. The van der Waals surface area contributed by atoms with E-state index >= 15 is 0 Å². The van der Waals surface area contributed by atoms with E-state index in [0.717, 1.165) is 0 Å². The third kappa shape index (κ3) is 3.16. The molecular formula is C11H16N2O3. The minimum atomic E-state index is -0.784. The predicted octanol–water partition coefficient (Wildman–Crippen LogP) is 0.514. The predicted molar refractivity (Wildman–Crippen MR) is 58.8 cm³/mol. The number of aliphatic carboxylic acids is 1. The molecular weight excluding hydrogens is 208 g/mol. The molecule has 0 bridgehead atoms. The molecule has 0 aromatic rings. The van der Waals surface area contributed by atoms with Crippen LogP contribution in [0.2, 0.25) is 0 Å². The third-order valence-electron chi connectivity index (χ3n) is 2.78. The number of amides is 2. The molecule has 0 aromatic heterocycles. The highest BCUT2D eigenvalue weighted by Gasteiger charge is 2.30. The monoisotopic (exact) mass is 224 g/mol. The van der Waals surface area contributed by atoms with Crippen molar-refractivity contribution >= 4 is 12.0 Å². The van der Waals surface area contributed by atoms with E-state index in [-0.39, 0.29) is 24.5 Å². The fourth-order valence-electron chi connectivity index (χ4n) is 1.83. The number of carboxylic acids is 1. The molecule has 2 atom stereocenters. The number of carbonyl (C=O) groups is 2. The Hall–Kier alpha value is -1.70. The lowest BCUT2D eigenvalue weighted by atomic mass is 10.1. The smallest absolute Gasteiger partial charge is 0.318 e. The summed E-state index contributed by atoms with van der Waals surface area (Å²) in [4.78, 5) is 23.7. The van der Waals surface area contributed by atoms with Gasteiger partial charge in [0.05, 0.1) is 12.5 Å². The molecule has 2 amide bonds. The van der Waals surface area contributed by atoms with Gasteiger partial charge in [-0.15, -0.1) is 6.42 Å². The molecule has 0 heterocycles. The number of urea groups is 1. The van der Waals surface area contributed by atoms with Crippen molar-refractivity contribution in [2.45, 2.75) is 25.3 Å². The standard InChI is InChI=1S/C11H16N2O3/c1-3-6-13(2)11(16)12-9-5-4-8(7-9)10(14)15/h1,8-9H,4-7H2,2H3,(H,12,16)(H,14,15). The Morgan fingerprint density at radius 1 is 1.56 bits per heavy atom. The first-order valence-corrected chi connectivity index (χ1v) is 5.22. The first-order chi connectivity index (χ1) is 7.54. The van der Waals surface area contributed by atoms with Crippen molar-refractivity contribution in [2.75, 3.05) is 13.6 Å². The van der Waals surface area contributed by atoms with Gasteiger partial charge >= 0.3 is 12.0 Å². The van der Waals surface area contributed by atoms with Crippen molar-refractivity contribution < 1.29 is 14.7 Å². The molecule has 0 spiro atoms. The normalized spacial score (nSPS) is 23.5. The summed E-state index contributed by atoms with van der Waals surface area (Å²) in [6, 6.07) is -0.289. The molecule has 1 aliphatic rings. The van der Waals surface area contributed by atoms with Gasteiger partial charge in [-0.3, -0.25) is 4.79 Å². The van der Waals surface area contributed by atoms with Gasteiger partial charge < -0.3 is 15.3 Å². The molecule has 1 fully saturated rings. The number of carbonyl (C=O) groups excluding carboxylic acids is 1. The summed E-state index contributed by atoms with van der Waals surface area (Å²) in [5.74, 6) is 1.26. The van der Waals surface area contributed by atoms with Crippen LogP contribution in [0.4, 0.5) is 4.79 Å². The summed E-state index contributed by atoms with van der Waals surface area (Å²) in [7, 11) is 1.61. The second kappa shape index (κ2) is 5.40. The lowest BCUT2D eigenvalue weighted by molar-refractivity contribution is -0.141. The maximum Gasteiger partial charge on any atom is 0.318 e. The average molecular weight is 224 g/mol. The third-order valence-corrected chi connectivity index (χ3v) is 2.78. The van der Waals surface area contributed by atoms with Crippen LogP contribution in [-0.2, 0) is 4.79 Å². The second-order valence-electron chi connectivity index (χ2n) is 4.05. The van der Waals surface area contributed by atoms with Gasteiger partial charge in [-0.25, -0.2) is 4.79 Å². The average Bonchev–Trinajstić information content (AvgIpc) is 2.66. The molecule has 5 heteroatoms. The van der Waals surface area contributed by atoms with E-state index in [1.165, 1.54) is 4.90 Å². The van der Waals surface area contributed by atoms with Gasteiger partial charge in [0, 0.05) is 13.1 Å². The zero-order valence-electron chi connectivity index (χ0n) is 9.27. The van der Waals surface area contributed by atoms with Crippen LogP contribution in [0.3, 0.4) is 0 Å². The van der Waals surface area contributed by atoms with E-state index < -0.39 is 5.97 Å². The van der Waals surface area contributed by atoms with Gasteiger partial charge in [-0.05, 0) is 19.3 Å². The molecule has 1 aliphatic carbocycles. The lowest BCUT2D eigenvalue weighted by Gasteiger charge is -2.18. The first kappa shape index (κ1) is 12.4. The Kier molecular flexibility index (Phi) is 4.18. The topological polar surface area (TPSA) is 69.6 Å². The molecule has 2 N–H and O–H groups in total. The number of nitrogens with zero attached hydrogens (tertiary/aromatic N) is 1. The van der Waals surface area contributed by atoms with Gasteiger partial charge in [0.15, 0.2) is 0 Å². The Balaban J connectivity index is 2.37. The van der Waals surface area contributed by atoms with Crippen molar-refractivity contribution in [1.29, 1.82) is 0 Å². The Morgan fingerprint density at radius 3 is 2.75 bits per heavy atom. The van der Waals surface area contributed by atoms with E-state index in [4.69, 9.17) is 11.5 Å². The van der Waals surface area contributed by atoms with Crippen LogP contribution in [0.25, 0.3) is 0 Å². The molecule has 16 heavy (non-hydrogen) atoms. The molecule has 88 valence electrons. The van der Waals surface area contributed by atoms with Crippen LogP contribution in [0.5, 0.6) is 0 Å². The van der Waals surface area contributed by atoms with Crippen LogP contribution in [0, 0.1) is 18.3 Å². The lowest BCUT2D eigenvalue weighted by Crippen LogP contribution is -2.42. The zero-order valence-corrected chi connectivity index (χ0v) is 9.27. The summed E-state index contributed by atoms with van der Waals surface area (Å²) < 4.78 is 0. The maximum absolute atomic E-state index is 11.5. The van der Waals surface area contributed by atoms with Gasteiger partial charge in [0.2, 0.25) is 0 Å². The zero-order chi connectivity index (χ0) is 12.1. The highest BCUT2D eigenvalue weighted by Crippen LogP contribution is 2.25. The quantitative estimate of drug-likeness (QED) is 0.686. The van der Waals surface area contributed by atoms with E-state index in [1.807, 2.05) is 0 Å². The highest BCUT2D eigenvalue weighted by molar-refractivity contribution is 5.75. The molecule has 2 unspecified atom stereocenters.